The number of rotatable bonds is 5. The first-order chi connectivity index (χ1) is 14.9. The van der Waals surface area contributed by atoms with Crippen LogP contribution in [0.15, 0.2) is 70.9 Å². The molecule has 32 heavy (non-hydrogen) atoms. The van der Waals surface area contributed by atoms with Crippen molar-refractivity contribution >= 4 is 23.6 Å². The molecule has 0 bridgehead atoms. The Kier molecular flexibility index (Phi) is 8.12. The van der Waals surface area contributed by atoms with E-state index in [1.165, 1.54) is 0 Å². The van der Waals surface area contributed by atoms with Crippen LogP contribution < -0.4 is 10.9 Å². The average Bonchev–Trinajstić information content (AvgIpc) is 2.69. The second-order valence-electron chi connectivity index (χ2n) is 8.88. The van der Waals surface area contributed by atoms with Gasteiger partial charge in [-0.25, -0.2) is 20.4 Å². The zero-order valence-electron chi connectivity index (χ0n) is 19.3. The molecule has 0 aliphatic carbocycles. The van der Waals surface area contributed by atoms with Crippen LogP contribution in [0.1, 0.15) is 52.7 Å². The van der Waals surface area contributed by atoms with E-state index in [-0.39, 0.29) is 0 Å². The lowest BCUT2D eigenvalue weighted by atomic mass is 10.00. The van der Waals surface area contributed by atoms with Crippen molar-refractivity contribution in [2.75, 3.05) is 0 Å². The van der Waals surface area contributed by atoms with Gasteiger partial charge in [-0.15, -0.1) is 0 Å². The summed E-state index contributed by atoms with van der Waals surface area (Å²) in [4.78, 5) is 24.4. The molecule has 0 saturated carbocycles. The van der Waals surface area contributed by atoms with Crippen LogP contribution in [0.4, 0.5) is 9.59 Å². The van der Waals surface area contributed by atoms with Crippen molar-refractivity contribution in [1.29, 1.82) is 0 Å². The second kappa shape index (κ2) is 10.6. The molecule has 0 saturated heterocycles. The molecule has 2 amide bonds. The highest BCUT2D eigenvalue weighted by atomic mass is 16.6. The molecule has 0 aromatic heterocycles. The molecule has 0 fully saturated rings. The molecule has 0 aliphatic heterocycles. The smallest absolute Gasteiger partial charge is 0.428 e. The standard InChI is InChI=1S/C24H30N4O4/c1-23(2,3)31-21(29)27-25-19(17-13-9-7-10-14-17)20(18-15-11-8-12-16-18)26-28-22(30)32-24(4,5)6/h7-16H,1-6H3,(H,27,29)(H,28,30)/b25-19-,26-20-. The molecule has 8 nitrogen and oxygen atoms in total. The molecular weight excluding hydrogens is 408 g/mol. The average molecular weight is 439 g/mol. The number of carbonyl (C=O) groups excluding carboxylic acids is 2. The Balaban J connectivity index is 2.47. The maximum Gasteiger partial charge on any atom is 0.428 e. The molecular formula is C24H30N4O4. The lowest BCUT2D eigenvalue weighted by Crippen LogP contribution is -2.33. The molecule has 0 aliphatic rings. The predicted molar refractivity (Wildman–Crippen MR) is 125 cm³/mol. The lowest BCUT2D eigenvalue weighted by Gasteiger charge is -2.19. The van der Waals surface area contributed by atoms with Crippen LogP contribution in [-0.2, 0) is 9.47 Å². The summed E-state index contributed by atoms with van der Waals surface area (Å²) in [6.45, 7) is 10.6. The number of hydrogen-bond acceptors (Lipinski definition) is 6. The van der Waals surface area contributed by atoms with Crippen molar-refractivity contribution in [2.45, 2.75) is 52.7 Å². The van der Waals surface area contributed by atoms with Gasteiger partial charge in [0.25, 0.3) is 0 Å². The van der Waals surface area contributed by atoms with Gasteiger partial charge in [0, 0.05) is 11.1 Å². The quantitative estimate of drug-likeness (QED) is 0.515. The monoisotopic (exact) mass is 438 g/mol. The van der Waals surface area contributed by atoms with Crippen LogP contribution in [-0.4, -0.2) is 34.8 Å². The van der Waals surface area contributed by atoms with E-state index < -0.39 is 23.4 Å². The van der Waals surface area contributed by atoms with Gasteiger partial charge in [-0.2, -0.15) is 10.2 Å². The first kappa shape index (κ1) is 24.6. The van der Waals surface area contributed by atoms with Crippen molar-refractivity contribution in [2.24, 2.45) is 10.2 Å². The van der Waals surface area contributed by atoms with E-state index in [2.05, 4.69) is 21.1 Å². The number of ether oxygens (including phenoxy) is 2. The minimum atomic E-state index is -0.710. The molecule has 2 aromatic carbocycles. The zero-order valence-corrected chi connectivity index (χ0v) is 19.3. The van der Waals surface area contributed by atoms with Gasteiger partial charge in [0.1, 0.15) is 22.6 Å². The van der Waals surface area contributed by atoms with Crippen molar-refractivity contribution < 1.29 is 19.1 Å². The van der Waals surface area contributed by atoms with Crippen LogP contribution in [0.25, 0.3) is 0 Å². The number of nitrogens with zero attached hydrogens (tertiary/aromatic N) is 2. The van der Waals surface area contributed by atoms with Gasteiger partial charge in [0.05, 0.1) is 0 Å². The third kappa shape index (κ3) is 8.59. The summed E-state index contributed by atoms with van der Waals surface area (Å²) in [7, 11) is 0. The molecule has 0 heterocycles. The maximum atomic E-state index is 12.2. The first-order valence-corrected chi connectivity index (χ1v) is 10.2. The summed E-state index contributed by atoms with van der Waals surface area (Å²) in [5, 5.41) is 8.55. The number of amides is 2. The zero-order chi connectivity index (χ0) is 23.8. The lowest BCUT2D eigenvalue weighted by molar-refractivity contribution is 0.0517. The predicted octanol–water partition coefficient (Wildman–Crippen LogP) is 4.84. The molecule has 0 atom stereocenters. The van der Waals surface area contributed by atoms with E-state index in [0.717, 1.165) is 0 Å². The van der Waals surface area contributed by atoms with Gasteiger partial charge in [-0.1, -0.05) is 60.7 Å². The van der Waals surface area contributed by atoms with Gasteiger partial charge < -0.3 is 9.47 Å². The minimum Gasteiger partial charge on any atom is -0.443 e. The molecule has 170 valence electrons. The number of nitrogens with one attached hydrogen (secondary N) is 2. The fourth-order valence-corrected chi connectivity index (χ4v) is 2.51. The largest absolute Gasteiger partial charge is 0.443 e. The Hall–Kier alpha value is -3.68. The molecule has 0 unspecified atom stereocenters. The highest BCUT2D eigenvalue weighted by molar-refractivity contribution is 6.53. The SMILES string of the molecule is CC(C)(C)OC(=O)N/N=C(\C(=N/NC(=O)OC(C)(C)C)c1ccccc1)c1ccccc1. The number of benzene rings is 2. The van der Waals surface area contributed by atoms with E-state index in [0.29, 0.717) is 22.6 Å². The first-order valence-electron chi connectivity index (χ1n) is 10.2. The van der Waals surface area contributed by atoms with E-state index in [1.807, 2.05) is 60.7 Å². The van der Waals surface area contributed by atoms with Crippen molar-refractivity contribution in [3.63, 3.8) is 0 Å². The molecule has 8 heteroatoms. The van der Waals surface area contributed by atoms with Crippen LogP contribution in [0, 0.1) is 0 Å². The van der Waals surface area contributed by atoms with Gasteiger partial charge in [-0.3, -0.25) is 0 Å². The minimum absolute atomic E-state index is 0.332. The Bertz CT molecular complexity index is 891. The highest BCUT2D eigenvalue weighted by Gasteiger charge is 2.20. The Labute approximate surface area is 188 Å². The second-order valence-corrected chi connectivity index (χ2v) is 8.88. The topological polar surface area (TPSA) is 101 Å². The van der Waals surface area contributed by atoms with Crippen molar-refractivity contribution in [3.8, 4) is 0 Å². The normalized spacial score (nSPS) is 12.7. The van der Waals surface area contributed by atoms with Gasteiger partial charge in [-0.05, 0) is 41.5 Å². The van der Waals surface area contributed by atoms with E-state index >= 15 is 0 Å². The Morgan fingerprint density at radius 3 is 1.22 bits per heavy atom. The van der Waals surface area contributed by atoms with E-state index in [1.54, 1.807) is 41.5 Å². The molecule has 0 radical (unpaired) electrons. The van der Waals surface area contributed by atoms with Crippen LogP contribution in [0.3, 0.4) is 0 Å². The summed E-state index contributed by atoms with van der Waals surface area (Å²) in [5.41, 5.74) is 5.49. The molecule has 2 rings (SSSR count). The Morgan fingerprint density at radius 2 is 0.938 bits per heavy atom. The van der Waals surface area contributed by atoms with Gasteiger partial charge in [0.15, 0.2) is 0 Å². The fourth-order valence-electron chi connectivity index (χ4n) is 2.51. The van der Waals surface area contributed by atoms with Crippen LogP contribution >= 0.6 is 0 Å². The molecule has 2 N–H and O–H groups in total. The summed E-state index contributed by atoms with van der Waals surface area (Å²) in [6, 6.07) is 18.3. The van der Waals surface area contributed by atoms with Crippen molar-refractivity contribution in [3.05, 3.63) is 71.8 Å². The van der Waals surface area contributed by atoms with Crippen LogP contribution in [0.2, 0.25) is 0 Å². The van der Waals surface area contributed by atoms with Gasteiger partial charge >= 0.3 is 12.2 Å². The van der Waals surface area contributed by atoms with E-state index in [4.69, 9.17) is 9.47 Å². The third-order valence-electron chi connectivity index (χ3n) is 3.63. The highest BCUT2D eigenvalue weighted by Crippen LogP contribution is 2.12. The van der Waals surface area contributed by atoms with Crippen molar-refractivity contribution in [1.82, 2.24) is 10.9 Å². The van der Waals surface area contributed by atoms with Gasteiger partial charge in [0.2, 0.25) is 0 Å². The summed E-state index contributed by atoms with van der Waals surface area (Å²) in [5.74, 6) is 0. The molecule has 0 spiro atoms. The summed E-state index contributed by atoms with van der Waals surface area (Å²) in [6.07, 6.45) is -1.42. The summed E-state index contributed by atoms with van der Waals surface area (Å²) < 4.78 is 10.6. The van der Waals surface area contributed by atoms with Crippen LogP contribution in [0.5, 0.6) is 0 Å². The number of hydrogen-bond donors (Lipinski definition) is 2. The summed E-state index contributed by atoms with van der Waals surface area (Å²) >= 11 is 0. The fraction of sp³-hybridized carbons (Fsp3) is 0.333. The maximum absolute atomic E-state index is 12.2. The number of hydrazone groups is 2. The number of carbonyl (C=O) groups is 2. The van der Waals surface area contributed by atoms with E-state index in [9.17, 15) is 9.59 Å². The molecule has 2 aromatic rings. The Morgan fingerprint density at radius 1 is 0.625 bits per heavy atom. The third-order valence-corrected chi connectivity index (χ3v) is 3.63.